The molecule has 0 spiro atoms. The van der Waals surface area contributed by atoms with Gasteiger partial charge in [0.25, 0.3) is 5.91 Å². The second-order valence-electron chi connectivity index (χ2n) is 8.99. The van der Waals surface area contributed by atoms with Crippen molar-refractivity contribution in [2.24, 2.45) is 0 Å². The molecule has 0 saturated carbocycles. The lowest BCUT2D eigenvalue weighted by atomic mass is 10.1. The summed E-state index contributed by atoms with van der Waals surface area (Å²) in [6.45, 7) is -2.18. The average Bonchev–Trinajstić information content (AvgIpc) is 3.26. The molecule has 2 unspecified atom stereocenters. The molecule has 0 aliphatic carbocycles. The summed E-state index contributed by atoms with van der Waals surface area (Å²) in [5, 5.41) is 3.42. The van der Waals surface area contributed by atoms with E-state index in [1.165, 1.54) is 42.4 Å². The van der Waals surface area contributed by atoms with Crippen molar-refractivity contribution in [2.45, 2.75) is 23.5 Å². The van der Waals surface area contributed by atoms with Crippen molar-refractivity contribution >= 4 is 62.4 Å². The Bertz CT molecular complexity index is 1500. The summed E-state index contributed by atoms with van der Waals surface area (Å²) in [6.07, 6.45) is -3.60. The van der Waals surface area contributed by atoms with E-state index >= 15 is 0 Å². The van der Waals surface area contributed by atoms with Crippen molar-refractivity contribution in [1.82, 2.24) is 10.3 Å². The van der Waals surface area contributed by atoms with Crippen LogP contribution in [-0.4, -0.2) is 53.5 Å². The number of halogens is 5. The zero-order valence-electron chi connectivity index (χ0n) is 19.2. The van der Waals surface area contributed by atoms with E-state index in [1.807, 2.05) is 12.1 Å². The number of urea groups is 1. The Labute approximate surface area is 222 Å². The molecule has 2 aromatic carbocycles. The van der Waals surface area contributed by atoms with Crippen molar-refractivity contribution in [2.75, 3.05) is 22.9 Å². The number of carbonyl (C=O) groups is 2. The lowest BCUT2D eigenvalue weighted by molar-refractivity contribution is -0.380. The zero-order valence-corrected chi connectivity index (χ0v) is 20.8. The highest BCUT2D eigenvalue weighted by Gasteiger charge is 2.52. The molecule has 1 N–H and O–H groups in total. The molecule has 4 heterocycles. The number of benzene rings is 2. The van der Waals surface area contributed by atoms with Gasteiger partial charge in [0.15, 0.2) is 0 Å². The largest absolute Gasteiger partial charge is 0.377 e. The Hall–Kier alpha value is -3.35. The fraction of sp³-hybridized carbons (Fsp3) is 0.240. The standard InChI is InChI=1S/C25H17ClF4N4O3S/c26-17-4-2-1-3-15(17)20-8-18-21(38-20)22(35)34(23(36)32-18)19-10-31-9-13-5-6-14(7-16(13)19)33-11-24(27,28)37-25(29,30)12-33/h1-10,18,21H,11-12H2,(H,32,36). The number of morpholine rings is 1. The van der Waals surface area contributed by atoms with Gasteiger partial charge in [0.2, 0.25) is 0 Å². The highest BCUT2D eigenvalue weighted by molar-refractivity contribution is 8.09. The van der Waals surface area contributed by atoms with E-state index < -0.39 is 48.5 Å². The predicted octanol–water partition coefficient (Wildman–Crippen LogP) is 5.49. The number of nitrogens with zero attached hydrogens (tertiary/aromatic N) is 3. The van der Waals surface area contributed by atoms with Crippen LogP contribution in [0.25, 0.3) is 15.7 Å². The number of hydrogen-bond donors (Lipinski definition) is 1. The second-order valence-corrected chi connectivity index (χ2v) is 10.6. The van der Waals surface area contributed by atoms with Gasteiger partial charge in [0.05, 0.1) is 17.9 Å². The number of thioether (sulfide) groups is 1. The van der Waals surface area contributed by atoms with Gasteiger partial charge in [0, 0.05) is 38.1 Å². The summed E-state index contributed by atoms with van der Waals surface area (Å²) in [4.78, 5) is 33.3. The number of pyridine rings is 1. The number of anilines is 2. The molecule has 0 radical (unpaired) electrons. The number of amides is 3. The van der Waals surface area contributed by atoms with Crippen LogP contribution in [0.2, 0.25) is 5.02 Å². The van der Waals surface area contributed by atoms with Gasteiger partial charge >= 0.3 is 18.2 Å². The molecule has 6 rings (SSSR count). The van der Waals surface area contributed by atoms with Crippen LogP contribution >= 0.6 is 23.4 Å². The van der Waals surface area contributed by atoms with Crippen molar-refractivity contribution in [3.63, 3.8) is 0 Å². The molecule has 3 aliphatic rings. The lowest BCUT2D eigenvalue weighted by Crippen LogP contribution is -2.60. The van der Waals surface area contributed by atoms with Crippen LogP contribution in [-0.2, 0) is 9.53 Å². The molecule has 13 heteroatoms. The number of nitrogens with one attached hydrogen (secondary N) is 1. The average molecular weight is 565 g/mol. The molecule has 3 aromatic rings. The Kier molecular flexibility index (Phi) is 5.82. The van der Waals surface area contributed by atoms with Crippen LogP contribution in [0.5, 0.6) is 0 Å². The van der Waals surface area contributed by atoms with Gasteiger partial charge in [-0.2, -0.15) is 17.6 Å². The van der Waals surface area contributed by atoms with E-state index in [9.17, 15) is 27.2 Å². The predicted molar refractivity (Wildman–Crippen MR) is 136 cm³/mol. The maximum Gasteiger partial charge on any atom is 0.377 e. The molecule has 38 heavy (non-hydrogen) atoms. The quantitative estimate of drug-likeness (QED) is 0.424. The minimum Gasteiger partial charge on any atom is -0.354 e. The Morgan fingerprint density at radius 1 is 1.05 bits per heavy atom. The Morgan fingerprint density at radius 3 is 2.53 bits per heavy atom. The number of fused-ring (bicyclic) bond motifs is 2. The van der Waals surface area contributed by atoms with Crippen LogP contribution < -0.4 is 15.1 Å². The maximum absolute atomic E-state index is 13.9. The van der Waals surface area contributed by atoms with E-state index in [0.717, 1.165) is 20.3 Å². The molecule has 0 bridgehead atoms. The van der Waals surface area contributed by atoms with Crippen molar-refractivity contribution in [3.05, 3.63) is 71.5 Å². The first kappa shape index (κ1) is 25.0. The van der Waals surface area contributed by atoms with Crippen molar-refractivity contribution < 1.29 is 31.9 Å². The Morgan fingerprint density at radius 2 is 1.79 bits per heavy atom. The monoisotopic (exact) mass is 564 g/mol. The minimum atomic E-state index is -4.07. The lowest BCUT2D eigenvalue weighted by Gasteiger charge is -2.38. The van der Waals surface area contributed by atoms with E-state index in [1.54, 1.807) is 18.2 Å². The van der Waals surface area contributed by atoms with E-state index in [-0.39, 0.29) is 11.4 Å². The summed E-state index contributed by atoms with van der Waals surface area (Å²) in [7, 11) is 0. The second kappa shape index (κ2) is 8.85. The third-order valence-corrected chi connectivity index (χ3v) is 8.07. The van der Waals surface area contributed by atoms with Gasteiger partial charge in [0.1, 0.15) is 18.3 Å². The van der Waals surface area contributed by atoms with Gasteiger partial charge in [-0.1, -0.05) is 35.9 Å². The molecule has 3 amide bonds. The molecule has 2 saturated heterocycles. The highest BCUT2D eigenvalue weighted by Crippen LogP contribution is 2.45. The molecule has 3 aliphatic heterocycles. The van der Waals surface area contributed by atoms with E-state index in [4.69, 9.17) is 11.6 Å². The summed E-state index contributed by atoms with van der Waals surface area (Å²) < 4.78 is 59.0. The minimum absolute atomic E-state index is 0.0493. The highest BCUT2D eigenvalue weighted by atomic mass is 35.5. The molecule has 7 nitrogen and oxygen atoms in total. The van der Waals surface area contributed by atoms with Crippen molar-refractivity contribution in [1.29, 1.82) is 0 Å². The van der Waals surface area contributed by atoms with Crippen LogP contribution in [0.15, 0.2) is 60.9 Å². The summed E-state index contributed by atoms with van der Waals surface area (Å²) in [5.41, 5.74) is 0.884. The van der Waals surface area contributed by atoms with Gasteiger partial charge in [-0.05, 0) is 24.3 Å². The van der Waals surface area contributed by atoms with Crippen LogP contribution in [0.4, 0.5) is 33.7 Å². The normalized spacial score (nSPS) is 24.3. The van der Waals surface area contributed by atoms with Crippen molar-refractivity contribution in [3.8, 4) is 0 Å². The number of alkyl halides is 4. The van der Waals surface area contributed by atoms with Gasteiger partial charge in [-0.25, -0.2) is 9.69 Å². The number of carbonyl (C=O) groups excluding carboxylic acids is 2. The fourth-order valence-corrected chi connectivity index (χ4v) is 6.37. The SMILES string of the molecule is O=C1NC2C=C(c3ccccc3Cl)SC2C(=O)N1c1cncc2ccc(N3CC(F)(F)OC(F)(F)C3)cc12. The first-order chi connectivity index (χ1) is 18.0. The fourth-order valence-electron chi connectivity index (χ4n) is 4.78. The maximum atomic E-state index is 13.9. The van der Waals surface area contributed by atoms with Gasteiger partial charge in [-0.15, -0.1) is 11.8 Å². The van der Waals surface area contributed by atoms with E-state index in [2.05, 4.69) is 15.0 Å². The first-order valence-corrected chi connectivity index (χ1v) is 12.6. The third kappa shape index (κ3) is 4.36. The first-order valence-electron chi connectivity index (χ1n) is 11.4. The number of aromatic nitrogens is 1. The van der Waals surface area contributed by atoms with Crippen LogP contribution in [0.3, 0.4) is 0 Å². The molecular formula is C25H17ClF4N4O3S. The summed E-state index contributed by atoms with van der Waals surface area (Å²) >= 11 is 7.58. The van der Waals surface area contributed by atoms with Crippen LogP contribution in [0.1, 0.15) is 5.56 Å². The number of rotatable bonds is 3. The smallest absolute Gasteiger partial charge is 0.354 e. The van der Waals surface area contributed by atoms with Gasteiger partial charge in [-0.3, -0.25) is 14.5 Å². The molecular weight excluding hydrogens is 548 g/mol. The summed E-state index contributed by atoms with van der Waals surface area (Å²) in [5.74, 6) is -0.508. The molecule has 2 atom stereocenters. The Balaban J connectivity index is 1.35. The van der Waals surface area contributed by atoms with Gasteiger partial charge < -0.3 is 10.2 Å². The molecule has 2 fully saturated rings. The molecule has 1 aromatic heterocycles. The molecule has 196 valence electrons. The number of ether oxygens (including phenoxy) is 1. The third-order valence-electron chi connectivity index (χ3n) is 6.39. The summed E-state index contributed by atoms with van der Waals surface area (Å²) in [6, 6.07) is 10.2. The van der Waals surface area contributed by atoms with E-state index in [0.29, 0.717) is 15.8 Å². The number of imide groups is 1. The zero-order chi connectivity index (χ0) is 26.8. The topological polar surface area (TPSA) is 74.8 Å². The number of hydrogen-bond acceptors (Lipinski definition) is 6. The van der Waals surface area contributed by atoms with Crippen LogP contribution in [0, 0.1) is 0 Å².